The van der Waals surface area contributed by atoms with Crippen molar-refractivity contribution in [3.8, 4) is 11.3 Å². The highest BCUT2D eigenvalue weighted by molar-refractivity contribution is 7.20. The lowest BCUT2D eigenvalue weighted by atomic mass is 10.1. The Bertz CT molecular complexity index is 788. The summed E-state index contributed by atoms with van der Waals surface area (Å²) < 4.78 is 1.18. The van der Waals surface area contributed by atoms with Gasteiger partial charge >= 0.3 is 0 Å². The Morgan fingerprint density at radius 1 is 1.32 bits per heavy atom. The summed E-state index contributed by atoms with van der Waals surface area (Å²) >= 11 is 13.4. The molecular weight excluding hydrogens is 301 g/mol. The number of aromatic nitrogens is 1. The van der Waals surface area contributed by atoms with Crippen LogP contribution in [0.25, 0.3) is 22.2 Å². The van der Waals surface area contributed by atoms with Crippen molar-refractivity contribution in [1.82, 2.24) is 4.98 Å². The van der Waals surface area contributed by atoms with Gasteiger partial charge in [0.2, 0.25) is 0 Å². The normalized spacial score (nSPS) is 11.1. The van der Waals surface area contributed by atoms with Crippen LogP contribution in [0.1, 0.15) is 15.9 Å². The number of hydrogen-bond acceptors (Lipinski definition) is 2. The number of H-pyrrole nitrogens is 1. The average molecular weight is 310 g/mol. The van der Waals surface area contributed by atoms with Crippen LogP contribution in [0.3, 0.4) is 0 Å². The lowest BCUT2D eigenvalue weighted by molar-refractivity contribution is 0.112. The number of benzene rings is 1. The molecule has 0 spiro atoms. The van der Waals surface area contributed by atoms with E-state index in [1.165, 1.54) is 11.3 Å². The van der Waals surface area contributed by atoms with Gasteiger partial charge in [0.1, 0.15) is 4.34 Å². The number of aldehydes is 1. The second kappa shape index (κ2) is 4.67. The second-order valence-corrected chi connectivity index (χ2v) is 6.55. The Morgan fingerprint density at radius 2 is 2.11 bits per heavy atom. The van der Waals surface area contributed by atoms with Gasteiger partial charge < -0.3 is 4.98 Å². The molecule has 0 radical (unpaired) electrons. The molecule has 0 bridgehead atoms. The van der Waals surface area contributed by atoms with Crippen LogP contribution in [0.4, 0.5) is 0 Å². The number of carbonyl (C=O) groups is 1. The predicted molar refractivity (Wildman–Crippen MR) is 81.8 cm³/mol. The van der Waals surface area contributed by atoms with E-state index >= 15 is 0 Å². The van der Waals surface area contributed by atoms with Crippen LogP contribution < -0.4 is 0 Å². The van der Waals surface area contributed by atoms with Crippen molar-refractivity contribution in [1.29, 1.82) is 0 Å². The molecule has 1 N–H and O–H groups in total. The molecule has 0 aliphatic carbocycles. The lowest BCUT2D eigenvalue weighted by Gasteiger charge is -1.96. The molecular formula is C14H9Cl2NOS. The van der Waals surface area contributed by atoms with Gasteiger partial charge in [-0.15, -0.1) is 11.3 Å². The molecule has 2 aromatic heterocycles. The van der Waals surface area contributed by atoms with Gasteiger partial charge in [0.25, 0.3) is 0 Å². The zero-order valence-electron chi connectivity index (χ0n) is 9.96. The first-order valence-electron chi connectivity index (χ1n) is 5.63. The Labute approximate surface area is 124 Å². The van der Waals surface area contributed by atoms with E-state index in [0.29, 0.717) is 14.2 Å². The van der Waals surface area contributed by atoms with Crippen molar-refractivity contribution >= 4 is 51.7 Å². The number of hydrogen-bond donors (Lipinski definition) is 1. The van der Waals surface area contributed by atoms with Crippen LogP contribution in [0.2, 0.25) is 8.67 Å². The molecule has 3 aromatic rings. The number of aromatic amines is 1. The molecule has 96 valence electrons. The smallest absolute Gasteiger partial charge is 0.152 e. The van der Waals surface area contributed by atoms with E-state index in [2.05, 4.69) is 4.98 Å². The molecule has 0 saturated carbocycles. The average Bonchev–Trinajstić information content (AvgIpc) is 2.90. The van der Waals surface area contributed by atoms with Gasteiger partial charge in [0.15, 0.2) is 6.29 Å². The standard InChI is InChI=1S/C14H9Cl2NOS/c1-7-3-2-4-8-10(6-18)13(17-12(7)8)9-5-11(15)19-14(9)16/h2-6,17H,1H3. The van der Waals surface area contributed by atoms with Crippen molar-refractivity contribution in [2.24, 2.45) is 0 Å². The third-order valence-electron chi connectivity index (χ3n) is 3.13. The minimum atomic E-state index is 0.581. The van der Waals surface area contributed by atoms with Gasteiger partial charge in [-0.05, 0) is 18.6 Å². The predicted octanol–water partition coefficient (Wildman–Crippen LogP) is 5.32. The van der Waals surface area contributed by atoms with Gasteiger partial charge in [-0.3, -0.25) is 4.79 Å². The fourth-order valence-corrected chi connectivity index (χ4v) is 3.71. The summed E-state index contributed by atoms with van der Waals surface area (Å²) in [5.41, 5.74) is 4.17. The number of aryl methyl sites for hydroxylation is 1. The maximum absolute atomic E-state index is 11.4. The van der Waals surface area contributed by atoms with Crippen LogP contribution in [0, 0.1) is 6.92 Å². The Hall–Kier alpha value is -1.29. The fourth-order valence-electron chi connectivity index (χ4n) is 2.23. The third kappa shape index (κ3) is 1.98. The van der Waals surface area contributed by atoms with Gasteiger partial charge in [0.05, 0.1) is 10.0 Å². The lowest BCUT2D eigenvalue weighted by Crippen LogP contribution is -1.82. The number of para-hydroxylation sites is 1. The number of fused-ring (bicyclic) bond motifs is 1. The first-order chi connectivity index (χ1) is 9.11. The van der Waals surface area contributed by atoms with E-state index < -0.39 is 0 Å². The summed E-state index contributed by atoms with van der Waals surface area (Å²) in [7, 11) is 0. The number of thiophene rings is 1. The zero-order chi connectivity index (χ0) is 13.6. The van der Waals surface area contributed by atoms with E-state index in [1.807, 2.05) is 25.1 Å². The maximum Gasteiger partial charge on any atom is 0.152 e. The fraction of sp³-hybridized carbons (Fsp3) is 0.0714. The molecule has 1 aromatic carbocycles. The zero-order valence-corrected chi connectivity index (χ0v) is 12.3. The van der Waals surface area contributed by atoms with E-state index in [4.69, 9.17) is 23.2 Å². The topological polar surface area (TPSA) is 32.9 Å². The molecule has 0 atom stereocenters. The Kier molecular flexibility index (Phi) is 3.13. The van der Waals surface area contributed by atoms with Crippen LogP contribution >= 0.6 is 34.5 Å². The number of halogens is 2. The van der Waals surface area contributed by atoms with Gasteiger partial charge in [-0.2, -0.15) is 0 Å². The molecule has 2 nitrogen and oxygen atoms in total. The number of carbonyl (C=O) groups excluding carboxylic acids is 1. The summed E-state index contributed by atoms with van der Waals surface area (Å²) in [6.45, 7) is 2.00. The van der Waals surface area contributed by atoms with Crippen molar-refractivity contribution in [2.45, 2.75) is 6.92 Å². The summed E-state index contributed by atoms with van der Waals surface area (Å²) in [5, 5.41) is 0.906. The van der Waals surface area contributed by atoms with E-state index in [-0.39, 0.29) is 0 Å². The molecule has 0 fully saturated rings. The Balaban J connectivity index is 2.38. The van der Waals surface area contributed by atoms with E-state index in [1.54, 1.807) is 6.07 Å². The first kappa shape index (κ1) is 12.7. The molecule has 0 amide bonds. The highest BCUT2D eigenvalue weighted by Gasteiger charge is 2.17. The summed E-state index contributed by atoms with van der Waals surface area (Å²) in [6, 6.07) is 7.64. The van der Waals surface area contributed by atoms with Gasteiger partial charge in [0, 0.05) is 22.0 Å². The second-order valence-electron chi connectivity index (χ2n) is 4.27. The van der Waals surface area contributed by atoms with Crippen LogP contribution in [-0.4, -0.2) is 11.3 Å². The molecule has 0 aliphatic heterocycles. The van der Waals surface area contributed by atoms with E-state index in [0.717, 1.165) is 34.0 Å². The molecule has 0 saturated heterocycles. The highest BCUT2D eigenvalue weighted by Crippen LogP contribution is 2.40. The molecule has 0 aliphatic rings. The van der Waals surface area contributed by atoms with Crippen molar-refractivity contribution in [2.75, 3.05) is 0 Å². The van der Waals surface area contributed by atoms with Crippen LogP contribution in [-0.2, 0) is 0 Å². The number of rotatable bonds is 2. The highest BCUT2D eigenvalue weighted by atomic mass is 35.5. The minimum Gasteiger partial charge on any atom is -0.354 e. The molecule has 19 heavy (non-hydrogen) atoms. The van der Waals surface area contributed by atoms with Crippen molar-refractivity contribution in [3.63, 3.8) is 0 Å². The van der Waals surface area contributed by atoms with Crippen LogP contribution in [0.15, 0.2) is 24.3 Å². The van der Waals surface area contributed by atoms with Crippen molar-refractivity contribution in [3.05, 3.63) is 44.1 Å². The molecule has 5 heteroatoms. The first-order valence-corrected chi connectivity index (χ1v) is 7.20. The largest absolute Gasteiger partial charge is 0.354 e. The monoisotopic (exact) mass is 309 g/mol. The third-order valence-corrected chi connectivity index (χ3v) is 4.61. The number of nitrogens with one attached hydrogen (secondary N) is 1. The maximum atomic E-state index is 11.4. The van der Waals surface area contributed by atoms with Gasteiger partial charge in [-0.1, -0.05) is 41.4 Å². The van der Waals surface area contributed by atoms with Crippen molar-refractivity contribution < 1.29 is 4.79 Å². The SMILES string of the molecule is Cc1cccc2c(C=O)c(-c3cc(Cl)sc3Cl)[nH]c12. The summed E-state index contributed by atoms with van der Waals surface area (Å²) in [4.78, 5) is 14.7. The molecule has 2 heterocycles. The quantitative estimate of drug-likeness (QED) is 0.638. The van der Waals surface area contributed by atoms with Gasteiger partial charge in [-0.25, -0.2) is 0 Å². The Morgan fingerprint density at radius 3 is 2.74 bits per heavy atom. The molecule has 0 unspecified atom stereocenters. The van der Waals surface area contributed by atoms with Crippen LogP contribution in [0.5, 0.6) is 0 Å². The summed E-state index contributed by atoms with van der Waals surface area (Å²) in [6.07, 6.45) is 0.857. The summed E-state index contributed by atoms with van der Waals surface area (Å²) in [5.74, 6) is 0. The minimum absolute atomic E-state index is 0.581. The molecule has 3 rings (SSSR count). The van der Waals surface area contributed by atoms with E-state index in [9.17, 15) is 4.79 Å².